The Hall–Kier alpha value is -3.08. The van der Waals surface area contributed by atoms with E-state index in [0.717, 1.165) is 5.56 Å². The minimum absolute atomic E-state index is 0.0859. The van der Waals surface area contributed by atoms with Crippen molar-refractivity contribution in [1.82, 2.24) is 0 Å². The van der Waals surface area contributed by atoms with E-state index in [4.69, 9.17) is 9.15 Å². The molecule has 0 atom stereocenters. The van der Waals surface area contributed by atoms with Crippen molar-refractivity contribution < 1.29 is 19.1 Å². The van der Waals surface area contributed by atoms with Gasteiger partial charge in [0.1, 0.15) is 23.5 Å². The molecule has 0 saturated heterocycles. The highest BCUT2D eigenvalue weighted by Crippen LogP contribution is 2.23. The van der Waals surface area contributed by atoms with Crippen LogP contribution in [0.4, 0.5) is 0 Å². The maximum Gasteiger partial charge on any atom is 0.342 e. The van der Waals surface area contributed by atoms with E-state index in [1.54, 1.807) is 25.1 Å². The molecule has 0 aliphatic carbocycles. The third-order valence-electron chi connectivity index (χ3n) is 3.80. The quantitative estimate of drug-likeness (QED) is 0.589. The van der Waals surface area contributed by atoms with Crippen LogP contribution in [0.3, 0.4) is 0 Å². The Morgan fingerprint density at radius 3 is 2.75 bits per heavy atom. The number of ether oxygens (including phenoxy) is 1. The molecule has 0 saturated carbocycles. The Kier molecular flexibility index (Phi) is 4.08. The number of para-hydroxylation sites is 1. The van der Waals surface area contributed by atoms with Crippen LogP contribution in [0.2, 0.25) is 0 Å². The molecular weight excluding hydrogens is 308 g/mol. The number of esters is 1. The van der Waals surface area contributed by atoms with Crippen LogP contribution in [0.25, 0.3) is 11.0 Å². The fraction of sp³-hybridized carbons (Fsp3) is 0.158. The highest BCUT2D eigenvalue weighted by atomic mass is 16.5. The van der Waals surface area contributed by atoms with Gasteiger partial charge in [0.05, 0.1) is 0 Å². The summed E-state index contributed by atoms with van der Waals surface area (Å²) in [5, 5.41) is 10.7. The Morgan fingerprint density at radius 1 is 1.17 bits per heavy atom. The predicted octanol–water partition coefficient (Wildman–Crippen LogP) is 3.47. The van der Waals surface area contributed by atoms with E-state index >= 15 is 0 Å². The first-order valence-corrected chi connectivity index (χ1v) is 7.45. The molecule has 0 aliphatic rings. The molecule has 0 spiro atoms. The Morgan fingerprint density at radius 2 is 1.96 bits per heavy atom. The SMILES string of the molecule is Cc1ccc2c(COC(=O)c3cccc(C)c3O)cc(=O)oc2c1. The van der Waals surface area contributed by atoms with Gasteiger partial charge in [-0.1, -0.05) is 24.3 Å². The van der Waals surface area contributed by atoms with Crippen LogP contribution in [0.5, 0.6) is 5.75 Å². The van der Waals surface area contributed by atoms with Crippen molar-refractivity contribution in [2.24, 2.45) is 0 Å². The van der Waals surface area contributed by atoms with Gasteiger partial charge in [0.2, 0.25) is 0 Å². The third-order valence-corrected chi connectivity index (χ3v) is 3.80. The van der Waals surface area contributed by atoms with Crippen molar-refractivity contribution in [2.75, 3.05) is 0 Å². The summed E-state index contributed by atoms with van der Waals surface area (Å²) in [6.45, 7) is 3.51. The highest BCUT2D eigenvalue weighted by Gasteiger charge is 2.15. The lowest BCUT2D eigenvalue weighted by Crippen LogP contribution is -2.08. The van der Waals surface area contributed by atoms with Gasteiger partial charge >= 0.3 is 11.6 Å². The number of rotatable bonds is 3. The first-order valence-electron chi connectivity index (χ1n) is 7.45. The van der Waals surface area contributed by atoms with Crippen LogP contribution in [0.1, 0.15) is 27.0 Å². The summed E-state index contributed by atoms with van der Waals surface area (Å²) in [7, 11) is 0. The van der Waals surface area contributed by atoms with Gasteiger partial charge in [-0.15, -0.1) is 0 Å². The number of aromatic hydroxyl groups is 1. The van der Waals surface area contributed by atoms with Crippen LogP contribution >= 0.6 is 0 Å². The van der Waals surface area contributed by atoms with Crippen molar-refractivity contribution in [3.05, 3.63) is 75.1 Å². The zero-order valence-corrected chi connectivity index (χ0v) is 13.3. The summed E-state index contributed by atoms with van der Waals surface area (Å²) in [5.74, 6) is -0.750. The minimum atomic E-state index is -0.648. The zero-order chi connectivity index (χ0) is 17.3. The molecule has 1 aromatic heterocycles. The Bertz CT molecular complexity index is 985. The van der Waals surface area contributed by atoms with Crippen LogP contribution in [0.15, 0.2) is 51.7 Å². The molecule has 0 radical (unpaired) electrons. The third kappa shape index (κ3) is 3.01. The molecule has 5 nitrogen and oxygen atoms in total. The van der Waals surface area contributed by atoms with Gasteiger partial charge in [0, 0.05) is 17.0 Å². The van der Waals surface area contributed by atoms with E-state index in [2.05, 4.69) is 0 Å². The highest BCUT2D eigenvalue weighted by molar-refractivity contribution is 5.93. The minimum Gasteiger partial charge on any atom is -0.507 e. The molecule has 5 heteroatoms. The lowest BCUT2D eigenvalue weighted by molar-refractivity contribution is 0.0470. The van der Waals surface area contributed by atoms with Crippen molar-refractivity contribution in [3.63, 3.8) is 0 Å². The second kappa shape index (κ2) is 6.20. The fourth-order valence-corrected chi connectivity index (χ4v) is 2.50. The first-order chi connectivity index (χ1) is 11.5. The standard InChI is InChI=1S/C19H16O5/c1-11-6-7-14-13(9-17(20)24-16(14)8-11)10-23-19(22)15-5-3-4-12(2)18(15)21/h3-9,21H,10H2,1-2H3. The van der Waals surface area contributed by atoms with Crippen molar-refractivity contribution in [3.8, 4) is 5.75 Å². The number of phenols is 1. The number of carbonyl (C=O) groups is 1. The van der Waals surface area contributed by atoms with Crippen LogP contribution in [0, 0.1) is 13.8 Å². The second-order valence-electron chi connectivity index (χ2n) is 5.64. The van der Waals surface area contributed by atoms with E-state index in [9.17, 15) is 14.7 Å². The molecular formula is C19H16O5. The largest absolute Gasteiger partial charge is 0.507 e. The van der Waals surface area contributed by atoms with E-state index in [-0.39, 0.29) is 17.9 Å². The average molecular weight is 324 g/mol. The summed E-state index contributed by atoms with van der Waals surface area (Å²) < 4.78 is 10.4. The van der Waals surface area contributed by atoms with Gasteiger partial charge in [-0.05, 0) is 37.1 Å². The summed E-state index contributed by atoms with van der Waals surface area (Å²) in [6.07, 6.45) is 0. The monoisotopic (exact) mass is 324 g/mol. The van der Waals surface area contributed by atoms with Gasteiger partial charge in [-0.2, -0.15) is 0 Å². The molecule has 24 heavy (non-hydrogen) atoms. The molecule has 122 valence electrons. The predicted molar refractivity (Wildman–Crippen MR) is 89.2 cm³/mol. The van der Waals surface area contributed by atoms with Gasteiger partial charge in [-0.25, -0.2) is 9.59 Å². The van der Waals surface area contributed by atoms with E-state index in [0.29, 0.717) is 22.1 Å². The number of hydrogen-bond acceptors (Lipinski definition) is 5. The lowest BCUT2D eigenvalue weighted by Gasteiger charge is -2.09. The summed E-state index contributed by atoms with van der Waals surface area (Å²) in [5.41, 5.74) is 2.15. The maximum absolute atomic E-state index is 12.2. The van der Waals surface area contributed by atoms with Gasteiger partial charge in [-0.3, -0.25) is 0 Å². The summed E-state index contributed by atoms with van der Waals surface area (Å²) >= 11 is 0. The second-order valence-corrected chi connectivity index (χ2v) is 5.64. The number of carbonyl (C=O) groups excluding carboxylic acids is 1. The number of hydrogen-bond donors (Lipinski definition) is 1. The molecule has 0 aliphatic heterocycles. The zero-order valence-electron chi connectivity index (χ0n) is 13.3. The fourth-order valence-electron chi connectivity index (χ4n) is 2.50. The molecule has 1 N–H and O–H groups in total. The average Bonchev–Trinajstić information content (AvgIpc) is 2.54. The van der Waals surface area contributed by atoms with E-state index < -0.39 is 11.6 Å². The van der Waals surface area contributed by atoms with E-state index in [1.807, 2.05) is 19.1 Å². The van der Waals surface area contributed by atoms with Crippen molar-refractivity contribution >= 4 is 16.9 Å². The Labute approximate surface area is 138 Å². The lowest BCUT2D eigenvalue weighted by atomic mass is 10.1. The van der Waals surface area contributed by atoms with Gasteiger partial charge in [0.15, 0.2) is 0 Å². The smallest absolute Gasteiger partial charge is 0.342 e. The molecule has 3 aromatic rings. The number of benzene rings is 2. The van der Waals surface area contributed by atoms with Crippen LogP contribution in [-0.4, -0.2) is 11.1 Å². The Balaban J connectivity index is 1.89. The van der Waals surface area contributed by atoms with Gasteiger partial charge < -0.3 is 14.3 Å². The molecule has 1 heterocycles. The van der Waals surface area contributed by atoms with Crippen molar-refractivity contribution in [1.29, 1.82) is 0 Å². The van der Waals surface area contributed by atoms with Crippen molar-refractivity contribution in [2.45, 2.75) is 20.5 Å². The van der Waals surface area contributed by atoms with E-state index in [1.165, 1.54) is 12.1 Å². The maximum atomic E-state index is 12.2. The molecule has 0 unspecified atom stereocenters. The normalized spacial score (nSPS) is 10.8. The molecule has 0 bridgehead atoms. The summed E-state index contributed by atoms with van der Waals surface area (Å²) in [4.78, 5) is 23.9. The van der Waals surface area contributed by atoms with Crippen LogP contribution in [-0.2, 0) is 11.3 Å². The number of phenolic OH excluding ortho intramolecular Hbond substituents is 1. The topological polar surface area (TPSA) is 76.7 Å². The number of aryl methyl sites for hydroxylation is 2. The molecule has 2 aromatic carbocycles. The molecule has 0 fully saturated rings. The number of fused-ring (bicyclic) bond motifs is 1. The summed E-state index contributed by atoms with van der Waals surface area (Å²) in [6, 6.07) is 11.6. The first kappa shape index (κ1) is 15.8. The van der Waals surface area contributed by atoms with Crippen LogP contribution < -0.4 is 5.63 Å². The molecule has 3 rings (SSSR count). The molecule has 0 amide bonds. The van der Waals surface area contributed by atoms with Gasteiger partial charge in [0.25, 0.3) is 0 Å².